The average Bonchev–Trinajstić information content (AvgIpc) is 3.55. The summed E-state index contributed by atoms with van der Waals surface area (Å²) >= 11 is 7.50. The molecule has 2 aromatic heterocycles. The van der Waals surface area contributed by atoms with Gasteiger partial charge in [-0.25, -0.2) is 4.39 Å². The highest BCUT2D eigenvalue weighted by atomic mass is 35.5. The summed E-state index contributed by atoms with van der Waals surface area (Å²) in [5.74, 6) is 1.77. The van der Waals surface area contributed by atoms with Gasteiger partial charge in [0.05, 0.1) is 18.4 Å². The monoisotopic (exact) mass is 471 g/mol. The summed E-state index contributed by atoms with van der Waals surface area (Å²) in [5, 5.41) is 14.1. The van der Waals surface area contributed by atoms with Gasteiger partial charge in [-0.1, -0.05) is 40.7 Å². The fourth-order valence-corrected chi connectivity index (χ4v) is 4.52. The molecule has 0 bridgehead atoms. The lowest BCUT2D eigenvalue weighted by Crippen LogP contribution is -2.16. The van der Waals surface area contributed by atoms with E-state index in [4.69, 9.17) is 20.9 Å². The van der Waals surface area contributed by atoms with Crippen molar-refractivity contribution < 1.29 is 13.7 Å². The summed E-state index contributed by atoms with van der Waals surface area (Å²) in [5.41, 5.74) is 1.59. The van der Waals surface area contributed by atoms with E-state index in [0.717, 1.165) is 30.6 Å². The van der Waals surface area contributed by atoms with E-state index < -0.39 is 0 Å². The molecule has 0 amide bonds. The first kappa shape index (κ1) is 21.1. The quantitative estimate of drug-likeness (QED) is 0.340. The van der Waals surface area contributed by atoms with Gasteiger partial charge < -0.3 is 9.26 Å². The number of rotatable bonds is 7. The van der Waals surface area contributed by atoms with Crippen LogP contribution in [0.15, 0.2) is 58.2 Å². The second-order valence-electron chi connectivity index (χ2n) is 7.37. The summed E-state index contributed by atoms with van der Waals surface area (Å²) in [4.78, 5) is 4.46. The van der Waals surface area contributed by atoms with Gasteiger partial charge in [-0.05, 0) is 49.2 Å². The highest BCUT2D eigenvalue weighted by Crippen LogP contribution is 2.29. The SMILES string of the molecule is Fc1ccc(-c2nnc(SCc3nc(-c4cccc(Cl)c4)no3)n2C[C@@H]2CCCO2)cc1. The minimum atomic E-state index is -0.291. The molecule has 3 heterocycles. The third kappa shape index (κ3) is 4.69. The molecule has 164 valence electrons. The minimum Gasteiger partial charge on any atom is -0.376 e. The van der Waals surface area contributed by atoms with Gasteiger partial charge in [0.25, 0.3) is 0 Å². The molecular weight excluding hydrogens is 453 g/mol. The van der Waals surface area contributed by atoms with E-state index in [2.05, 4.69) is 20.3 Å². The van der Waals surface area contributed by atoms with E-state index in [9.17, 15) is 4.39 Å². The van der Waals surface area contributed by atoms with Crippen molar-refractivity contribution in [3.63, 3.8) is 0 Å². The number of hydrogen-bond donors (Lipinski definition) is 0. The maximum atomic E-state index is 13.4. The number of aromatic nitrogens is 5. The van der Waals surface area contributed by atoms with Crippen LogP contribution in [0.25, 0.3) is 22.8 Å². The van der Waals surface area contributed by atoms with Crippen LogP contribution < -0.4 is 0 Å². The summed E-state index contributed by atoms with van der Waals surface area (Å²) < 4.78 is 26.6. The predicted molar refractivity (Wildman–Crippen MR) is 119 cm³/mol. The molecule has 32 heavy (non-hydrogen) atoms. The lowest BCUT2D eigenvalue weighted by Gasteiger charge is -2.14. The number of thioether (sulfide) groups is 1. The van der Waals surface area contributed by atoms with Crippen molar-refractivity contribution in [2.75, 3.05) is 6.61 Å². The molecular formula is C22H19ClFN5O2S. The zero-order valence-electron chi connectivity index (χ0n) is 16.9. The van der Waals surface area contributed by atoms with E-state index >= 15 is 0 Å². The molecule has 5 rings (SSSR count). The van der Waals surface area contributed by atoms with E-state index in [-0.39, 0.29) is 11.9 Å². The van der Waals surface area contributed by atoms with E-state index in [1.807, 2.05) is 16.7 Å². The third-order valence-electron chi connectivity index (χ3n) is 5.11. The molecule has 1 aliphatic rings. The normalized spacial score (nSPS) is 16.0. The van der Waals surface area contributed by atoms with Gasteiger partial charge in [0.2, 0.25) is 11.7 Å². The lowest BCUT2D eigenvalue weighted by molar-refractivity contribution is 0.0953. The minimum absolute atomic E-state index is 0.0994. The number of halogens is 2. The van der Waals surface area contributed by atoms with Crippen LogP contribution in [0, 0.1) is 5.82 Å². The highest BCUT2D eigenvalue weighted by Gasteiger charge is 2.22. The fourth-order valence-electron chi connectivity index (χ4n) is 3.55. The van der Waals surface area contributed by atoms with Crippen molar-refractivity contribution in [3.8, 4) is 22.8 Å². The number of nitrogens with zero attached hydrogens (tertiary/aromatic N) is 5. The fraction of sp³-hybridized carbons (Fsp3) is 0.273. The summed E-state index contributed by atoms with van der Waals surface area (Å²) in [6.07, 6.45) is 2.12. The van der Waals surface area contributed by atoms with E-state index in [1.165, 1.54) is 23.9 Å². The topological polar surface area (TPSA) is 78.9 Å². The number of hydrogen-bond acceptors (Lipinski definition) is 7. The van der Waals surface area contributed by atoms with Gasteiger partial charge in [0.15, 0.2) is 11.0 Å². The predicted octanol–water partition coefficient (Wildman–Crippen LogP) is 5.26. The Bertz CT molecular complexity index is 1210. The van der Waals surface area contributed by atoms with Crippen LogP contribution in [0.1, 0.15) is 18.7 Å². The molecule has 2 aromatic carbocycles. The first-order chi connectivity index (χ1) is 15.7. The van der Waals surface area contributed by atoms with Crippen molar-refractivity contribution in [2.24, 2.45) is 0 Å². The van der Waals surface area contributed by atoms with Crippen molar-refractivity contribution in [1.82, 2.24) is 24.9 Å². The third-order valence-corrected chi connectivity index (χ3v) is 6.29. The van der Waals surface area contributed by atoms with Crippen LogP contribution in [0.3, 0.4) is 0 Å². The molecule has 10 heteroatoms. The molecule has 1 atom stereocenters. The second kappa shape index (κ2) is 9.40. The first-order valence-corrected chi connectivity index (χ1v) is 11.5. The number of ether oxygens (including phenoxy) is 1. The van der Waals surface area contributed by atoms with Gasteiger partial charge in [-0.15, -0.1) is 10.2 Å². The van der Waals surface area contributed by atoms with Crippen LogP contribution in [-0.4, -0.2) is 37.6 Å². The molecule has 0 unspecified atom stereocenters. The van der Waals surface area contributed by atoms with Crippen molar-refractivity contribution in [2.45, 2.75) is 36.4 Å². The van der Waals surface area contributed by atoms with Gasteiger partial charge in [-0.3, -0.25) is 4.57 Å². The van der Waals surface area contributed by atoms with Crippen molar-refractivity contribution in [1.29, 1.82) is 0 Å². The van der Waals surface area contributed by atoms with Gasteiger partial charge in [0.1, 0.15) is 5.82 Å². The van der Waals surface area contributed by atoms with Crippen LogP contribution in [-0.2, 0) is 17.0 Å². The molecule has 0 N–H and O–H groups in total. The standard InChI is InChI=1S/C22H19ClFN5O2S/c23-16-4-1-3-15(11-16)20-25-19(31-28-20)13-32-22-27-26-21(14-6-8-17(24)9-7-14)29(22)12-18-5-2-10-30-18/h1,3-4,6-9,11,18H,2,5,10,12-13H2/t18-/m0/s1. The summed E-state index contributed by atoms with van der Waals surface area (Å²) in [6, 6.07) is 13.5. The molecule has 0 spiro atoms. The van der Waals surface area contributed by atoms with Crippen LogP contribution in [0.2, 0.25) is 5.02 Å². The van der Waals surface area contributed by atoms with Gasteiger partial charge >= 0.3 is 0 Å². The van der Waals surface area contributed by atoms with Crippen molar-refractivity contribution >= 4 is 23.4 Å². The van der Waals surface area contributed by atoms with Crippen molar-refractivity contribution in [3.05, 3.63) is 65.3 Å². The maximum absolute atomic E-state index is 13.4. The zero-order chi connectivity index (χ0) is 21.9. The summed E-state index contributed by atoms with van der Waals surface area (Å²) in [7, 11) is 0. The number of benzene rings is 2. The Morgan fingerprint density at radius 1 is 1.12 bits per heavy atom. The van der Waals surface area contributed by atoms with E-state index in [1.54, 1.807) is 24.3 Å². The second-order valence-corrected chi connectivity index (χ2v) is 8.75. The molecule has 4 aromatic rings. The molecule has 0 saturated carbocycles. The first-order valence-electron chi connectivity index (χ1n) is 10.2. The Morgan fingerprint density at radius 3 is 2.78 bits per heavy atom. The van der Waals surface area contributed by atoms with Crippen LogP contribution in [0.5, 0.6) is 0 Å². The molecule has 0 aliphatic carbocycles. The summed E-state index contributed by atoms with van der Waals surface area (Å²) in [6.45, 7) is 1.38. The van der Waals surface area contributed by atoms with Gasteiger partial charge in [0, 0.05) is 22.8 Å². The van der Waals surface area contributed by atoms with Crippen LogP contribution in [0.4, 0.5) is 4.39 Å². The Kier molecular flexibility index (Phi) is 6.20. The Labute approximate surface area is 193 Å². The molecule has 1 saturated heterocycles. The molecule has 7 nitrogen and oxygen atoms in total. The Balaban J connectivity index is 1.36. The zero-order valence-corrected chi connectivity index (χ0v) is 18.5. The largest absolute Gasteiger partial charge is 0.376 e. The molecule has 1 fully saturated rings. The maximum Gasteiger partial charge on any atom is 0.237 e. The molecule has 1 aliphatic heterocycles. The Morgan fingerprint density at radius 2 is 2.00 bits per heavy atom. The van der Waals surface area contributed by atoms with Gasteiger partial charge in [-0.2, -0.15) is 4.98 Å². The Hall–Kier alpha value is -2.75. The van der Waals surface area contributed by atoms with Crippen LogP contribution >= 0.6 is 23.4 Å². The molecule has 0 radical (unpaired) electrons. The highest BCUT2D eigenvalue weighted by molar-refractivity contribution is 7.98. The average molecular weight is 472 g/mol. The lowest BCUT2D eigenvalue weighted by atomic mass is 10.2. The smallest absolute Gasteiger partial charge is 0.237 e. The van der Waals surface area contributed by atoms with E-state index in [0.29, 0.717) is 40.0 Å².